The van der Waals surface area contributed by atoms with Crippen molar-refractivity contribution in [2.45, 2.75) is 44.9 Å². The Morgan fingerprint density at radius 2 is 1.71 bits per heavy atom. The molecule has 0 aliphatic carbocycles. The molecule has 0 aliphatic heterocycles. The third-order valence-corrected chi connectivity index (χ3v) is 5.75. The van der Waals surface area contributed by atoms with Crippen molar-refractivity contribution in [2.24, 2.45) is 0 Å². The van der Waals surface area contributed by atoms with Crippen molar-refractivity contribution in [3.8, 4) is 0 Å². The molecule has 0 fully saturated rings. The van der Waals surface area contributed by atoms with Crippen LogP contribution in [0.2, 0.25) is 19.6 Å². The average Bonchev–Trinajstić information content (AvgIpc) is 2.25. The van der Waals surface area contributed by atoms with E-state index in [2.05, 4.69) is 57.1 Å². The predicted molar refractivity (Wildman–Crippen MR) is 72.2 cm³/mol. The Morgan fingerprint density at radius 3 is 2.06 bits per heavy atom. The molecule has 1 atom stereocenters. The maximum absolute atomic E-state index is 10.7. The van der Waals surface area contributed by atoms with E-state index in [9.17, 15) is 4.79 Å². The summed E-state index contributed by atoms with van der Waals surface area (Å²) < 4.78 is 0. The molecule has 0 aromatic heterocycles. The van der Waals surface area contributed by atoms with Crippen molar-refractivity contribution in [1.29, 1.82) is 0 Å². The van der Waals surface area contributed by atoms with Gasteiger partial charge < -0.3 is 4.79 Å². The fourth-order valence-electron chi connectivity index (χ4n) is 1.99. The van der Waals surface area contributed by atoms with E-state index in [0.717, 1.165) is 6.42 Å². The zero-order chi connectivity index (χ0) is 12.2. The molecule has 0 bridgehead atoms. The molecular weight excluding hydrogens is 396 g/mol. The Labute approximate surface area is 120 Å². The minimum atomic E-state index is -1.34. The van der Waals surface area contributed by atoms with Crippen molar-refractivity contribution in [3.05, 3.63) is 35.4 Å². The Hall–Kier alpha value is -0.205. The zero-order valence-corrected chi connectivity index (χ0v) is 15.1. The van der Waals surface area contributed by atoms with Crippen molar-refractivity contribution < 1.29 is 25.9 Å². The van der Waals surface area contributed by atoms with Crippen LogP contribution in [0.4, 0.5) is 0 Å². The van der Waals surface area contributed by atoms with E-state index in [-0.39, 0.29) is 21.1 Å². The Morgan fingerprint density at radius 1 is 1.18 bits per heavy atom. The summed E-state index contributed by atoms with van der Waals surface area (Å²) >= 11 is 0. The van der Waals surface area contributed by atoms with E-state index < -0.39 is 8.07 Å². The first kappa shape index (κ1) is 16.8. The molecule has 1 nitrogen and oxygen atoms in total. The van der Waals surface area contributed by atoms with Gasteiger partial charge in [0.1, 0.15) is 0 Å². The summed E-state index contributed by atoms with van der Waals surface area (Å²) in [5.74, 6) is 0. The molecule has 1 aromatic carbocycles. The smallest absolute Gasteiger partial charge is 0.0494 e. The normalized spacial score (nSPS) is 12.7. The van der Waals surface area contributed by atoms with Crippen LogP contribution in [-0.2, 0) is 32.3 Å². The summed E-state index contributed by atoms with van der Waals surface area (Å²) in [5.41, 5.74) is 3.06. The molecule has 0 N–H and O–H groups in total. The first-order valence-electron chi connectivity index (χ1n) is 5.93. The van der Waals surface area contributed by atoms with E-state index in [1.807, 2.05) is 0 Å². The molecular formula is C14H21OSiW-. The van der Waals surface area contributed by atoms with E-state index in [4.69, 9.17) is 0 Å². The minimum Gasteiger partial charge on any atom is -0.542 e. The molecule has 0 radical (unpaired) electrons. The molecule has 0 saturated carbocycles. The molecule has 1 aromatic rings. The summed E-state index contributed by atoms with van der Waals surface area (Å²) in [6.07, 6.45) is 3.70. The van der Waals surface area contributed by atoms with Gasteiger partial charge in [-0.1, -0.05) is 50.8 Å². The third-order valence-electron chi connectivity index (χ3n) is 3.12. The van der Waals surface area contributed by atoms with Crippen LogP contribution in [0.25, 0.3) is 0 Å². The van der Waals surface area contributed by atoms with E-state index >= 15 is 0 Å². The summed E-state index contributed by atoms with van der Waals surface area (Å²) in [4.78, 5) is 10.7. The van der Waals surface area contributed by atoms with Crippen molar-refractivity contribution in [1.82, 2.24) is 0 Å². The van der Waals surface area contributed by atoms with Gasteiger partial charge in [-0.05, 0) is 23.1 Å². The topological polar surface area (TPSA) is 17.1 Å². The summed E-state index contributed by atoms with van der Waals surface area (Å²) in [6.45, 7) is 9.08. The molecule has 0 amide bonds. The molecule has 0 heterocycles. The number of hydrogen-bond acceptors (Lipinski definition) is 1. The monoisotopic (exact) mass is 417 g/mol. The fourth-order valence-corrected chi connectivity index (χ4v) is 3.88. The summed E-state index contributed by atoms with van der Waals surface area (Å²) in [6, 6.07) is 8.71. The number of hydrogen-bond donors (Lipinski definition) is 0. The van der Waals surface area contributed by atoms with Gasteiger partial charge in [-0.15, -0.1) is 6.42 Å². The maximum Gasteiger partial charge on any atom is 0.0494 e. The van der Waals surface area contributed by atoms with Crippen LogP contribution in [0.3, 0.4) is 0 Å². The van der Waals surface area contributed by atoms with Gasteiger partial charge >= 0.3 is 0 Å². The number of rotatable bonds is 5. The van der Waals surface area contributed by atoms with Gasteiger partial charge in [-0.2, -0.15) is 0 Å². The van der Waals surface area contributed by atoms with E-state index in [0.29, 0.717) is 12.0 Å². The third kappa shape index (κ3) is 4.89. The SMILES string of the molecule is CCc1ccc(C(C[C-]=O)[Si](C)(C)C)cc1.[W]. The quantitative estimate of drug-likeness (QED) is 0.528. The van der Waals surface area contributed by atoms with Gasteiger partial charge in [0.05, 0.1) is 0 Å². The van der Waals surface area contributed by atoms with Gasteiger partial charge in [0.25, 0.3) is 0 Å². The second-order valence-electron chi connectivity index (χ2n) is 5.36. The first-order chi connectivity index (χ1) is 7.49. The van der Waals surface area contributed by atoms with Gasteiger partial charge in [0.2, 0.25) is 0 Å². The summed E-state index contributed by atoms with van der Waals surface area (Å²) in [5, 5.41) is 0. The predicted octanol–water partition coefficient (Wildman–Crippen LogP) is 3.71. The van der Waals surface area contributed by atoms with E-state index in [1.54, 1.807) is 0 Å². The van der Waals surface area contributed by atoms with Gasteiger partial charge in [0.15, 0.2) is 0 Å². The molecule has 17 heavy (non-hydrogen) atoms. The van der Waals surface area contributed by atoms with Gasteiger partial charge in [-0.3, -0.25) is 6.29 Å². The Balaban J connectivity index is 0.00000256. The number of aryl methyl sites for hydroxylation is 1. The Bertz CT molecular complexity index is 340. The van der Waals surface area contributed by atoms with E-state index in [1.165, 1.54) is 11.1 Å². The second-order valence-corrected chi connectivity index (χ2v) is 10.8. The molecule has 0 saturated heterocycles. The molecule has 94 valence electrons. The average molecular weight is 417 g/mol. The molecule has 1 rings (SSSR count). The maximum atomic E-state index is 10.7. The molecule has 1 unspecified atom stereocenters. The number of benzene rings is 1. The van der Waals surface area contributed by atoms with Crippen LogP contribution in [-0.4, -0.2) is 14.4 Å². The zero-order valence-electron chi connectivity index (χ0n) is 11.1. The second kappa shape index (κ2) is 7.28. The van der Waals surface area contributed by atoms with Gasteiger partial charge in [0, 0.05) is 29.1 Å². The molecule has 0 spiro atoms. The van der Waals surface area contributed by atoms with Crippen molar-refractivity contribution >= 4 is 14.4 Å². The van der Waals surface area contributed by atoms with Gasteiger partial charge in [-0.25, -0.2) is 0 Å². The molecule has 3 heteroatoms. The van der Waals surface area contributed by atoms with Crippen molar-refractivity contribution in [3.63, 3.8) is 0 Å². The first-order valence-corrected chi connectivity index (χ1v) is 9.50. The van der Waals surface area contributed by atoms with Crippen LogP contribution in [0, 0.1) is 0 Å². The van der Waals surface area contributed by atoms with Crippen LogP contribution in [0.15, 0.2) is 24.3 Å². The van der Waals surface area contributed by atoms with Crippen LogP contribution >= 0.6 is 0 Å². The van der Waals surface area contributed by atoms with Crippen LogP contribution < -0.4 is 0 Å². The standard InChI is InChI=1S/C14H21OSi.W/c1-5-12-6-8-13(9-7-12)14(10-11-15)16(2,3)4;/h6-9,14H,5,10H2,1-4H3;/q-1;. The largest absolute Gasteiger partial charge is 0.542 e. The van der Waals surface area contributed by atoms with Crippen LogP contribution in [0.5, 0.6) is 0 Å². The molecule has 0 aliphatic rings. The fraction of sp³-hybridized carbons (Fsp3) is 0.500. The summed E-state index contributed by atoms with van der Waals surface area (Å²) in [7, 11) is -1.34. The minimum absolute atomic E-state index is 0. The number of carbonyl (C=O) groups excluding carboxylic acids is 1. The Kier molecular flexibility index (Phi) is 7.19. The van der Waals surface area contributed by atoms with Crippen LogP contribution in [0.1, 0.15) is 30.0 Å². The van der Waals surface area contributed by atoms with Crippen molar-refractivity contribution in [2.75, 3.05) is 0 Å².